The molecule has 1 aliphatic rings. The van der Waals surface area contributed by atoms with Crippen LogP contribution in [0.4, 0.5) is 10.5 Å². The summed E-state index contributed by atoms with van der Waals surface area (Å²) >= 11 is 0. The Morgan fingerprint density at radius 2 is 2.10 bits per heavy atom. The zero-order chi connectivity index (χ0) is 15.4. The van der Waals surface area contributed by atoms with Crippen LogP contribution in [0, 0.1) is 12.8 Å². The second-order valence-corrected chi connectivity index (χ2v) is 5.72. The maximum atomic E-state index is 12.0. The Morgan fingerprint density at radius 3 is 2.67 bits per heavy atom. The van der Waals surface area contributed by atoms with Crippen LogP contribution in [-0.4, -0.2) is 23.1 Å². The van der Waals surface area contributed by atoms with E-state index in [1.165, 1.54) is 18.9 Å². The summed E-state index contributed by atoms with van der Waals surface area (Å²) in [5.41, 5.74) is 1.38. The Kier molecular flexibility index (Phi) is 4.83. The van der Waals surface area contributed by atoms with Crippen LogP contribution in [-0.2, 0) is 0 Å². The number of aromatic carboxylic acids is 1. The van der Waals surface area contributed by atoms with E-state index < -0.39 is 5.97 Å². The van der Waals surface area contributed by atoms with Crippen molar-refractivity contribution >= 4 is 17.7 Å². The van der Waals surface area contributed by atoms with Gasteiger partial charge >= 0.3 is 12.0 Å². The summed E-state index contributed by atoms with van der Waals surface area (Å²) in [6, 6.07) is 4.80. The summed E-state index contributed by atoms with van der Waals surface area (Å²) in [5, 5.41) is 14.7. The van der Waals surface area contributed by atoms with E-state index in [4.69, 9.17) is 5.11 Å². The predicted octanol–water partition coefficient (Wildman–Crippen LogP) is 3.39. The van der Waals surface area contributed by atoms with Crippen LogP contribution >= 0.6 is 0 Å². The molecule has 1 saturated carbocycles. The number of urea groups is 1. The number of hydrogen-bond donors (Lipinski definition) is 3. The van der Waals surface area contributed by atoms with E-state index in [0.29, 0.717) is 11.3 Å². The first-order valence-corrected chi connectivity index (χ1v) is 7.41. The number of hydrogen-bond acceptors (Lipinski definition) is 2. The van der Waals surface area contributed by atoms with E-state index in [1.807, 2.05) is 0 Å². The maximum absolute atomic E-state index is 12.0. The number of carbonyl (C=O) groups excluding carboxylic acids is 1. The molecule has 2 amide bonds. The van der Waals surface area contributed by atoms with Gasteiger partial charge in [-0.15, -0.1) is 0 Å². The Bertz CT molecular complexity index is 538. The van der Waals surface area contributed by atoms with Crippen molar-refractivity contribution < 1.29 is 14.7 Å². The number of anilines is 1. The van der Waals surface area contributed by atoms with E-state index in [0.717, 1.165) is 18.8 Å². The zero-order valence-electron chi connectivity index (χ0n) is 12.5. The third-order valence-corrected chi connectivity index (χ3v) is 3.87. The lowest BCUT2D eigenvalue weighted by atomic mass is 10.1. The average Bonchev–Trinajstić information content (AvgIpc) is 3.23. The Morgan fingerprint density at radius 1 is 1.38 bits per heavy atom. The highest BCUT2D eigenvalue weighted by Gasteiger charge is 2.25. The number of carboxylic acids is 1. The van der Waals surface area contributed by atoms with Gasteiger partial charge in [-0.1, -0.05) is 25.8 Å². The molecular formula is C16H22N2O3. The first-order valence-electron chi connectivity index (χ1n) is 7.41. The monoisotopic (exact) mass is 290 g/mol. The lowest BCUT2D eigenvalue weighted by Crippen LogP contribution is -2.37. The molecule has 0 heterocycles. The van der Waals surface area contributed by atoms with Crippen molar-refractivity contribution in [2.24, 2.45) is 5.92 Å². The smallest absolute Gasteiger partial charge is 0.336 e. The number of carboxylic acid groups (broad SMARTS) is 1. The van der Waals surface area contributed by atoms with Crippen molar-refractivity contribution in [2.45, 2.75) is 45.6 Å². The Balaban J connectivity index is 1.95. The number of nitrogens with one attached hydrogen (secondary N) is 2. The zero-order valence-corrected chi connectivity index (χ0v) is 12.5. The maximum Gasteiger partial charge on any atom is 0.336 e. The molecule has 0 radical (unpaired) electrons. The van der Waals surface area contributed by atoms with Crippen molar-refractivity contribution in [2.75, 3.05) is 5.32 Å². The predicted molar refractivity (Wildman–Crippen MR) is 81.7 cm³/mol. The van der Waals surface area contributed by atoms with Crippen LogP contribution in [0.1, 0.15) is 48.5 Å². The van der Waals surface area contributed by atoms with Gasteiger partial charge in [-0.2, -0.15) is 0 Å². The van der Waals surface area contributed by atoms with Gasteiger partial charge in [-0.05, 0) is 43.4 Å². The van der Waals surface area contributed by atoms with E-state index in [9.17, 15) is 9.59 Å². The minimum atomic E-state index is -0.989. The van der Waals surface area contributed by atoms with Crippen molar-refractivity contribution in [3.63, 3.8) is 0 Å². The van der Waals surface area contributed by atoms with E-state index in [2.05, 4.69) is 17.6 Å². The first-order chi connectivity index (χ1) is 9.99. The summed E-state index contributed by atoms with van der Waals surface area (Å²) in [7, 11) is 0. The topological polar surface area (TPSA) is 78.4 Å². The van der Waals surface area contributed by atoms with Crippen molar-refractivity contribution in [1.29, 1.82) is 0 Å². The molecule has 0 spiro atoms. The minimum Gasteiger partial charge on any atom is -0.478 e. The summed E-state index contributed by atoms with van der Waals surface area (Å²) < 4.78 is 0. The van der Waals surface area contributed by atoms with Gasteiger partial charge in [0.2, 0.25) is 0 Å². The third-order valence-electron chi connectivity index (χ3n) is 3.87. The molecule has 5 nitrogen and oxygen atoms in total. The normalized spacial score (nSPS) is 15.3. The van der Waals surface area contributed by atoms with Crippen molar-refractivity contribution in [1.82, 2.24) is 5.32 Å². The highest BCUT2D eigenvalue weighted by Crippen LogP contribution is 2.34. The fourth-order valence-corrected chi connectivity index (χ4v) is 2.37. The van der Waals surface area contributed by atoms with Crippen LogP contribution in [0.2, 0.25) is 0 Å². The fraction of sp³-hybridized carbons (Fsp3) is 0.500. The number of rotatable bonds is 6. The highest BCUT2D eigenvalue weighted by molar-refractivity contribution is 5.94. The quantitative estimate of drug-likeness (QED) is 0.751. The third kappa shape index (κ3) is 4.48. The lowest BCUT2D eigenvalue weighted by Gasteiger charge is -2.17. The van der Waals surface area contributed by atoms with Gasteiger partial charge in [0, 0.05) is 11.7 Å². The van der Waals surface area contributed by atoms with Gasteiger partial charge in [0.1, 0.15) is 0 Å². The lowest BCUT2D eigenvalue weighted by molar-refractivity contribution is 0.0696. The minimum absolute atomic E-state index is 0.182. The number of carbonyl (C=O) groups is 2. The molecule has 1 fully saturated rings. The summed E-state index contributed by atoms with van der Waals surface area (Å²) in [5.74, 6) is -0.232. The van der Waals surface area contributed by atoms with Crippen LogP contribution < -0.4 is 10.6 Å². The number of benzene rings is 1. The molecule has 1 aromatic carbocycles. The SMILES string of the molecule is CCC(CC1CC1)NC(=O)Nc1ccc(C)c(C(=O)O)c1. The molecule has 3 N–H and O–H groups in total. The molecule has 0 saturated heterocycles. The molecule has 1 aromatic rings. The Labute approximate surface area is 124 Å². The van der Waals surface area contributed by atoms with Gasteiger partial charge in [0.15, 0.2) is 0 Å². The second-order valence-electron chi connectivity index (χ2n) is 5.72. The molecule has 5 heteroatoms. The molecular weight excluding hydrogens is 268 g/mol. The molecule has 0 aromatic heterocycles. The standard InChI is InChI=1S/C16H22N2O3/c1-3-12(8-11-5-6-11)17-16(21)18-13-7-4-10(2)14(9-13)15(19)20/h4,7,9,11-12H,3,5-6,8H2,1-2H3,(H,19,20)(H2,17,18,21). The number of amides is 2. The van der Waals surface area contributed by atoms with Gasteiger partial charge in [0.05, 0.1) is 5.56 Å². The molecule has 1 atom stereocenters. The summed E-state index contributed by atoms with van der Waals surface area (Å²) in [4.78, 5) is 23.1. The highest BCUT2D eigenvalue weighted by atomic mass is 16.4. The molecule has 1 unspecified atom stereocenters. The summed E-state index contributed by atoms with van der Waals surface area (Å²) in [6.45, 7) is 3.79. The van der Waals surface area contributed by atoms with E-state index in [-0.39, 0.29) is 17.6 Å². The van der Waals surface area contributed by atoms with Gasteiger partial charge < -0.3 is 15.7 Å². The Hall–Kier alpha value is -2.04. The van der Waals surface area contributed by atoms with Crippen molar-refractivity contribution in [3.05, 3.63) is 29.3 Å². The molecule has 21 heavy (non-hydrogen) atoms. The molecule has 0 aliphatic heterocycles. The summed E-state index contributed by atoms with van der Waals surface area (Å²) in [6.07, 6.45) is 4.45. The van der Waals surface area contributed by atoms with Gasteiger partial charge in [-0.3, -0.25) is 0 Å². The largest absolute Gasteiger partial charge is 0.478 e. The second kappa shape index (κ2) is 6.61. The van der Waals surface area contributed by atoms with Crippen LogP contribution in [0.5, 0.6) is 0 Å². The van der Waals surface area contributed by atoms with E-state index in [1.54, 1.807) is 19.1 Å². The molecule has 0 bridgehead atoms. The van der Waals surface area contributed by atoms with E-state index >= 15 is 0 Å². The molecule has 2 rings (SSSR count). The van der Waals surface area contributed by atoms with Crippen LogP contribution in [0.3, 0.4) is 0 Å². The van der Waals surface area contributed by atoms with Gasteiger partial charge in [0.25, 0.3) is 0 Å². The fourth-order valence-electron chi connectivity index (χ4n) is 2.37. The van der Waals surface area contributed by atoms with Crippen LogP contribution in [0.25, 0.3) is 0 Å². The van der Waals surface area contributed by atoms with Gasteiger partial charge in [-0.25, -0.2) is 9.59 Å². The first kappa shape index (κ1) is 15.4. The number of aryl methyl sites for hydroxylation is 1. The van der Waals surface area contributed by atoms with Crippen LogP contribution in [0.15, 0.2) is 18.2 Å². The molecule has 1 aliphatic carbocycles. The average molecular weight is 290 g/mol. The molecule has 114 valence electrons. The van der Waals surface area contributed by atoms with Crippen molar-refractivity contribution in [3.8, 4) is 0 Å².